The first kappa shape index (κ1) is 17.7. The molecule has 1 unspecified atom stereocenters. The van der Waals surface area contributed by atoms with Gasteiger partial charge in [-0.25, -0.2) is 8.78 Å². The lowest BCUT2D eigenvalue weighted by Crippen LogP contribution is -2.51. The number of hydrogen-bond donors (Lipinski definition) is 0. The van der Waals surface area contributed by atoms with Gasteiger partial charge in [-0.3, -0.25) is 0 Å². The van der Waals surface area contributed by atoms with Crippen LogP contribution in [0.1, 0.15) is 27.2 Å². The molecule has 110 valence electrons. The third-order valence-corrected chi connectivity index (χ3v) is 4.35. The van der Waals surface area contributed by atoms with Gasteiger partial charge in [0.1, 0.15) is 0 Å². The van der Waals surface area contributed by atoms with E-state index in [1.807, 2.05) is 0 Å². The molecule has 0 aromatic rings. The Kier molecular flexibility index (Phi) is 6.65. The van der Waals surface area contributed by atoms with Gasteiger partial charge in [0.2, 0.25) is 0 Å². The fourth-order valence-corrected chi connectivity index (χ4v) is 2.94. The smallest absolute Gasteiger partial charge is 0.394 e. The highest BCUT2D eigenvalue weighted by atomic mass is 28.3. The minimum atomic E-state index is -5.52. The van der Waals surface area contributed by atoms with E-state index in [0.717, 1.165) is 0 Å². The summed E-state index contributed by atoms with van der Waals surface area (Å²) in [5.41, 5.74) is 0. The van der Waals surface area contributed by atoms with Gasteiger partial charge in [-0.2, -0.15) is 17.6 Å². The zero-order valence-corrected chi connectivity index (χ0v) is 11.4. The van der Waals surface area contributed by atoms with Gasteiger partial charge < -0.3 is 8.85 Å². The molecular weight excluding hydrogens is 282 g/mol. The molecule has 0 bridgehead atoms. The molecule has 0 aromatic heterocycles. The van der Waals surface area contributed by atoms with E-state index in [9.17, 15) is 26.3 Å². The van der Waals surface area contributed by atoms with Gasteiger partial charge in [-0.05, 0) is 19.9 Å². The highest BCUT2D eigenvalue weighted by Crippen LogP contribution is 2.40. The Labute approximate surface area is 103 Å². The molecule has 0 aromatic carbocycles. The second-order valence-electron chi connectivity index (χ2n) is 3.96. The number of hydrogen-bond acceptors (Lipinski definition) is 2. The molecule has 0 fully saturated rings. The van der Waals surface area contributed by atoms with Crippen LogP contribution in [-0.4, -0.2) is 33.8 Å². The summed E-state index contributed by atoms with van der Waals surface area (Å²) in [5, 5.41) is 0. The quantitative estimate of drug-likeness (QED) is 0.504. The Balaban J connectivity index is 4.78. The molecule has 0 amide bonds. The molecule has 0 aliphatic carbocycles. The van der Waals surface area contributed by atoms with Crippen molar-refractivity contribution in [1.82, 2.24) is 0 Å². The van der Waals surface area contributed by atoms with Crippen LogP contribution in [0, 0.1) is 0 Å². The molecule has 0 spiro atoms. The summed E-state index contributed by atoms with van der Waals surface area (Å²) < 4.78 is 83.7. The first-order valence-corrected chi connectivity index (χ1v) is 7.17. The summed E-state index contributed by atoms with van der Waals surface area (Å²) in [5.74, 6) is -5.52. The van der Waals surface area contributed by atoms with Gasteiger partial charge in [-0.1, -0.05) is 13.3 Å². The van der Waals surface area contributed by atoms with Crippen LogP contribution in [0.2, 0.25) is 6.04 Å². The lowest BCUT2D eigenvalue weighted by Gasteiger charge is -2.29. The molecule has 1 atom stereocenters. The highest BCUT2D eigenvalue weighted by molar-refractivity contribution is 6.44. The van der Waals surface area contributed by atoms with Gasteiger partial charge >= 0.3 is 27.7 Å². The number of halogens is 6. The molecule has 0 saturated heterocycles. The average molecular weight is 298 g/mol. The summed E-state index contributed by atoms with van der Waals surface area (Å²) in [4.78, 5) is 0. The van der Waals surface area contributed by atoms with Crippen molar-refractivity contribution in [1.29, 1.82) is 0 Å². The summed E-state index contributed by atoms with van der Waals surface area (Å²) in [6.07, 6.45) is -9.84. The van der Waals surface area contributed by atoms with Crippen molar-refractivity contribution < 1.29 is 35.2 Å². The first-order chi connectivity index (χ1) is 8.04. The van der Waals surface area contributed by atoms with Crippen LogP contribution in [0.3, 0.4) is 0 Å². The molecule has 0 rings (SSSR count). The largest absolute Gasteiger partial charge is 0.417 e. The summed E-state index contributed by atoms with van der Waals surface area (Å²) in [7, 11) is -3.12. The second-order valence-corrected chi connectivity index (χ2v) is 5.91. The Morgan fingerprint density at radius 2 is 1.61 bits per heavy atom. The van der Waals surface area contributed by atoms with Crippen molar-refractivity contribution in [2.75, 3.05) is 0 Å². The van der Waals surface area contributed by atoms with Crippen LogP contribution in [0.5, 0.6) is 0 Å². The molecule has 2 nitrogen and oxygen atoms in total. The van der Waals surface area contributed by atoms with Crippen LogP contribution in [0.15, 0.2) is 0 Å². The molecule has 9 heteroatoms. The maximum absolute atomic E-state index is 13.0. The fourth-order valence-electron chi connectivity index (χ4n) is 1.06. The second kappa shape index (κ2) is 6.76. The van der Waals surface area contributed by atoms with E-state index in [1.165, 1.54) is 13.8 Å². The van der Waals surface area contributed by atoms with Crippen LogP contribution in [0.4, 0.5) is 26.3 Å². The van der Waals surface area contributed by atoms with Crippen molar-refractivity contribution in [3.8, 4) is 0 Å². The third kappa shape index (κ3) is 4.77. The third-order valence-electron chi connectivity index (χ3n) is 1.89. The van der Waals surface area contributed by atoms with E-state index in [4.69, 9.17) is 4.43 Å². The Hall–Kier alpha value is -0.283. The molecular formula is C9H16F6O2Si. The van der Waals surface area contributed by atoms with Crippen molar-refractivity contribution in [2.45, 2.75) is 57.8 Å². The van der Waals surface area contributed by atoms with E-state index in [1.54, 1.807) is 6.92 Å². The van der Waals surface area contributed by atoms with E-state index < -0.39 is 33.8 Å². The molecule has 0 aliphatic heterocycles. The van der Waals surface area contributed by atoms with Gasteiger partial charge in [0.15, 0.2) is 0 Å². The van der Waals surface area contributed by atoms with Gasteiger partial charge in [-0.15, -0.1) is 0 Å². The summed E-state index contributed by atoms with van der Waals surface area (Å²) in [6, 6.07) is 0.0348. The maximum Gasteiger partial charge on any atom is 0.417 e. The molecule has 18 heavy (non-hydrogen) atoms. The highest BCUT2D eigenvalue weighted by Gasteiger charge is 2.65. The Bertz CT molecular complexity index is 249. The normalized spacial score (nSPS) is 15.5. The molecule has 0 N–H and O–H groups in total. The Morgan fingerprint density at radius 1 is 1.11 bits per heavy atom. The molecule has 0 saturated carbocycles. The summed E-state index contributed by atoms with van der Waals surface area (Å²) in [6.45, 7) is 4.65. The number of alkyl halides is 6. The molecule has 0 aliphatic rings. The fraction of sp³-hybridized carbons (Fsp3) is 1.00. The van der Waals surface area contributed by atoms with Gasteiger partial charge in [0, 0.05) is 6.10 Å². The van der Waals surface area contributed by atoms with Gasteiger partial charge in [0.05, 0.1) is 0 Å². The standard InChI is InChI=1S/C9H16F6O2Si/c1-4-5-18(16-6(2)3)17-9(14,15)8(12,13)7(10)11/h6-7,18H,4-5H2,1-3H3. The maximum atomic E-state index is 13.0. The van der Waals surface area contributed by atoms with Crippen LogP contribution < -0.4 is 0 Å². The van der Waals surface area contributed by atoms with Gasteiger partial charge in [0.25, 0.3) is 0 Å². The van der Waals surface area contributed by atoms with Crippen LogP contribution in [0.25, 0.3) is 0 Å². The Morgan fingerprint density at radius 3 is 1.94 bits per heavy atom. The average Bonchev–Trinajstić information content (AvgIpc) is 2.15. The molecule has 0 radical (unpaired) electrons. The minimum Gasteiger partial charge on any atom is -0.394 e. The minimum absolute atomic E-state index is 0.0348. The van der Waals surface area contributed by atoms with Crippen molar-refractivity contribution in [3.05, 3.63) is 0 Å². The first-order valence-electron chi connectivity index (χ1n) is 5.41. The lowest BCUT2D eigenvalue weighted by molar-refractivity contribution is -0.348. The molecule has 0 heterocycles. The summed E-state index contributed by atoms with van der Waals surface area (Å²) >= 11 is 0. The zero-order valence-electron chi connectivity index (χ0n) is 10.2. The van der Waals surface area contributed by atoms with Crippen LogP contribution >= 0.6 is 0 Å². The predicted octanol–water partition coefficient (Wildman–Crippen LogP) is 3.55. The van der Waals surface area contributed by atoms with E-state index >= 15 is 0 Å². The van der Waals surface area contributed by atoms with Crippen molar-refractivity contribution in [2.24, 2.45) is 0 Å². The van der Waals surface area contributed by atoms with E-state index in [0.29, 0.717) is 6.42 Å². The predicted molar refractivity (Wildman–Crippen MR) is 55.5 cm³/mol. The van der Waals surface area contributed by atoms with E-state index in [-0.39, 0.29) is 6.04 Å². The topological polar surface area (TPSA) is 18.5 Å². The SMILES string of the molecule is CCC[SiH](OC(C)C)OC(F)(F)C(F)(F)C(F)F. The van der Waals surface area contributed by atoms with Crippen molar-refractivity contribution >= 4 is 9.28 Å². The van der Waals surface area contributed by atoms with E-state index in [2.05, 4.69) is 4.43 Å². The number of rotatable bonds is 8. The zero-order chi connectivity index (χ0) is 14.6. The van der Waals surface area contributed by atoms with Crippen molar-refractivity contribution in [3.63, 3.8) is 0 Å². The lowest BCUT2D eigenvalue weighted by atomic mass is 10.3. The monoisotopic (exact) mass is 298 g/mol. The van der Waals surface area contributed by atoms with Crippen LogP contribution in [-0.2, 0) is 8.85 Å².